The first-order valence-corrected chi connectivity index (χ1v) is 8.23. The Balaban J connectivity index is 1.74. The number of halogens is 1. The van der Waals surface area contributed by atoms with E-state index in [0.29, 0.717) is 22.9 Å². The second-order valence-electron chi connectivity index (χ2n) is 5.61. The van der Waals surface area contributed by atoms with Crippen molar-refractivity contribution in [1.82, 2.24) is 9.78 Å². The van der Waals surface area contributed by atoms with Crippen LogP contribution in [0.4, 0.5) is 11.4 Å². The molecule has 0 atom stereocenters. The molecular formula is C18H16ClN5O2. The zero-order valence-electron chi connectivity index (χ0n) is 14.0. The smallest absolute Gasteiger partial charge is 0.271 e. The van der Waals surface area contributed by atoms with E-state index in [9.17, 15) is 10.1 Å². The fourth-order valence-electron chi connectivity index (χ4n) is 2.44. The highest BCUT2D eigenvalue weighted by Crippen LogP contribution is 2.20. The second kappa shape index (κ2) is 7.79. The number of nitrogens with zero attached hydrogens (tertiary/aromatic N) is 4. The monoisotopic (exact) mass is 369 g/mol. The molecule has 0 fully saturated rings. The number of benzene rings is 2. The summed E-state index contributed by atoms with van der Waals surface area (Å²) in [7, 11) is 0. The highest BCUT2D eigenvalue weighted by molar-refractivity contribution is 6.32. The number of aromatic nitrogens is 2. The molecule has 3 rings (SSSR count). The molecule has 1 N–H and O–H groups in total. The minimum absolute atomic E-state index is 0.00454. The lowest BCUT2D eigenvalue weighted by Crippen LogP contribution is -2.01. The van der Waals surface area contributed by atoms with Crippen molar-refractivity contribution in [2.24, 2.45) is 5.10 Å². The molecule has 7 nitrogen and oxygen atoms in total. The average molecular weight is 370 g/mol. The Labute approximate surface area is 155 Å². The molecule has 2 aromatic carbocycles. The Morgan fingerprint density at radius 1 is 1.27 bits per heavy atom. The van der Waals surface area contributed by atoms with Gasteiger partial charge >= 0.3 is 0 Å². The van der Waals surface area contributed by atoms with E-state index < -0.39 is 4.92 Å². The normalized spacial score (nSPS) is 11.0. The summed E-state index contributed by atoms with van der Waals surface area (Å²) in [5, 5.41) is 19.8. The number of anilines is 1. The number of rotatable bonds is 6. The molecule has 1 aromatic heterocycles. The van der Waals surface area contributed by atoms with Gasteiger partial charge in [0.1, 0.15) is 5.15 Å². The lowest BCUT2D eigenvalue weighted by atomic mass is 10.2. The minimum Gasteiger partial charge on any atom is -0.278 e. The minimum atomic E-state index is -0.455. The van der Waals surface area contributed by atoms with Gasteiger partial charge in [-0.15, -0.1) is 0 Å². The molecular weight excluding hydrogens is 354 g/mol. The fraction of sp³-hybridized carbons (Fsp3) is 0.111. The largest absolute Gasteiger partial charge is 0.278 e. The number of nitro benzene ring substituents is 1. The lowest BCUT2D eigenvalue weighted by Gasteiger charge is -2.03. The second-order valence-corrected chi connectivity index (χ2v) is 5.97. The molecule has 0 aliphatic rings. The topological polar surface area (TPSA) is 85.3 Å². The molecule has 0 spiro atoms. The van der Waals surface area contributed by atoms with Crippen LogP contribution in [0.25, 0.3) is 0 Å². The van der Waals surface area contributed by atoms with Crippen LogP contribution in [0.5, 0.6) is 0 Å². The van der Waals surface area contributed by atoms with Gasteiger partial charge in [0.15, 0.2) is 0 Å². The van der Waals surface area contributed by atoms with E-state index in [4.69, 9.17) is 11.6 Å². The molecule has 0 saturated carbocycles. The van der Waals surface area contributed by atoms with Gasteiger partial charge in [-0.3, -0.25) is 15.5 Å². The first-order valence-electron chi connectivity index (χ1n) is 7.85. The molecule has 0 aliphatic heterocycles. The number of nitro groups is 1. The summed E-state index contributed by atoms with van der Waals surface area (Å²) in [6.45, 7) is 2.41. The summed E-state index contributed by atoms with van der Waals surface area (Å²) in [6.07, 6.45) is 1.56. The van der Waals surface area contributed by atoms with Gasteiger partial charge in [-0.25, -0.2) is 4.68 Å². The number of nitrogens with one attached hydrogen (secondary N) is 1. The summed E-state index contributed by atoms with van der Waals surface area (Å²) >= 11 is 6.42. The van der Waals surface area contributed by atoms with Gasteiger partial charge in [0.2, 0.25) is 0 Å². The number of non-ortho nitro benzene ring substituents is 1. The first-order chi connectivity index (χ1) is 12.5. The van der Waals surface area contributed by atoms with E-state index in [-0.39, 0.29) is 5.69 Å². The van der Waals surface area contributed by atoms with Crippen molar-refractivity contribution in [3.05, 3.63) is 86.7 Å². The van der Waals surface area contributed by atoms with Crippen molar-refractivity contribution < 1.29 is 4.92 Å². The number of aryl methyl sites for hydroxylation is 1. The third kappa shape index (κ3) is 4.07. The van der Waals surface area contributed by atoms with Crippen molar-refractivity contribution in [3.63, 3.8) is 0 Å². The van der Waals surface area contributed by atoms with Gasteiger partial charge in [-0.2, -0.15) is 10.2 Å². The number of hydrazone groups is 1. The van der Waals surface area contributed by atoms with Gasteiger partial charge in [0, 0.05) is 12.1 Å². The van der Waals surface area contributed by atoms with Crippen LogP contribution in [-0.2, 0) is 6.54 Å². The lowest BCUT2D eigenvalue weighted by molar-refractivity contribution is -0.384. The van der Waals surface area contributed by atoms with E-state index >= 15 is 0 Å². The molecule has 0 aliphatic carbocycles. The van der Waals surface area contributed by atoms with Gasteiger partial charge in [-0.05, 0) is 18.6 Å². The molecule has 0 amide bonds. The Morgan fingerprint density at radius 3 is 2.77 bits per heavy atom. The Kier molecular flexibility index (Phi) is 5.28. The van der Waals surface area contributed by atoms with Gasteiger partial charge in [0.05, 0.1) is 34.6 Å². The van der Waals surface area contributed by atoms with Crippen LogP contribution in [0.15, 0.2) is 59.7 Å². The predicted molar refractivity (Wildman–Crippen MR) is 102 cm³/mol. The van der Waals surface area contributed by atoms with E-state index in [2.05, 4.69) is 15.6 Å². The molecule has 0 unspecified atom stereocenters. The van der Waals surface area contributed by atoms with Crippen LogP contribution in [0, 0.1) is 17.0 Å². The van der Waals surface area contributed by atoms with Crippen molar-refractivity contribution in [2.45, 2.75) is 13.5 Å². The van der Waals surface area contributed by atoms with Crippen LogP contribution in [0.1, 0.15) is 16.8 Å². The molecule has 8 heteroatoms. The Bertz CT molecular complexity index is 953. The van der Waals surface area contributed by atoms with Crippen LogP contribution in [-0.4, -0.2) is 20.9 Å². The van der Waals surface area contributed by atoms with Crippen LogP contribution < -0.4 is 5.43 Å². The SMILES string of the molecule is Cc1nn(Cc2ccccc2)c(Cl)c1/C=N/Nc1cccc([N+](=O)[O-])c1. The summed E-state index contributed by atoms with van der Waals surface area (Å²) in [5.41, 5.74) is 5.81. The zero-order chi connectivity index (χ0) is 18.5. The first kappa shape index (κ1) is 17.6. The molecule has 3 aromatic rings. The summed E-state index contributed by atoms with van der Waals surface area (Å²) in [5.74, 6) is 0. The van der Waals surface area contributed by atoms with Crippen LogP contribution in [0.2, 0.25) is 5.15 Å². The van der Waals surface area contributed by atoms with Crippen molar-refractivity contribution >= 4 is 29.2 Å². The number of hydrogen-bond acceptors (Lipinski definition) is 5. The molecule has 132 valence electrons. The standard InChI is InChI=1S/C18H16ClN5O2/c1-13-17(11-20-21-15-8-5-9-16(10-15)24(25)26)18(19)23(22-13)12-14-6-3-2-4-7-14/h2-11,21H,12H2,1H3/b20-11+. The predicted octanol–water partition coefficient (Wildman–Crippen LogP) is 4.25. The zero-order valence-corrected chi connectivity index (χ0v) is 14.7. The summed E-state index contributed by atoms with van der Waals surface area (Å²) < 4.78 is 1.71. The van der Waals surface area contributed by atoms with Gasteiger partial charge in [-0.1, -0.05) is 48.0 Å². The van der Waals surface area contributed by atoms with Crippen molar-refractivity contribution in [2.75, 3.05) is 5.43 Å². The van der Waals surface area contributed by atoms with Crippen molar-refractivity contribution in [1.29, 1.82) is 0 Å². The Hall–Kier alpha value is -3.19. The molecule has 0 bridgehead atoms. The summed E-state index contributed by atoms with van der Waals surface area (Å²) in [6, 6.07) is 16.0. The van der Waals surface area contributed by atoms with Crippen LogP contribution >= 0.6 is 11.6 Å². The van der Waals surface area contributed by atoms with Crippen molar-refractivity contribution in [3.8, 4) is 0 Å². The summed E-state index contributed by atoms with van der Waals surface area (Å²) in [4.78, 5) is 10.3. The van der Waals surface area contributed by atoms with E-state index in [0.717, 1.165) is 11.3 Å². The van der Waals surface area contributed by atoms with E-state index in [1.165, 1.54) is 12.1 Å². The maximum atomic E-state index is 10.8. The average Bonchev–Trinajstić information content (AvgIpc) is 2.90. The van der Waals surface area contributed by atoms with E-state index in [1.807, 2.05) is 37.3 Å². The van der Waals surface area contributed by atoms with Gasteiger partial charge < -0.3 is 0 Å². The maximum absolute atomic E-state index is 10.8. The van der Waals surface area contributed by atoms with E-state index in [1.54, 1.807) is 23.0 Å². The van der Waals surface area contributed by atoms with Crippen LogP contribution in [0.3, 0.4) is 0 Å². The molecule has 0 radical (unpaired) electrons. The third-order valence-corrected chi connectivity index (χ3v) is 4.13. The quantitative estimate of drug-likeness (QED) is 0.400. The molecule has 0 saturated heterocycles. The third-order valence-electron chi connectivity index (χ3n) is 3.73. The fourth-order valence-corrected chi connectivity index (χ4v) is 2.72. The molecule has 26 heavy (non-hydrogen) atoms. The van der Waals surface area contributed by atoms with Gasteiger partial charge in [0.25, 0.3) is 5.69 Å². The highest BCUT2D eigenvalue weighted by atomic mass is 35.5. The Morgan fingerprint density at radius 2 is 2.04 bits per heavy atom. The maximum Gasteiger partial charge on any atom is 0.271 e. The molecule has 1 heterocycles. The highest BCUT2D eigenvalue weighted by Gasteiger charge is 2.12. The number of hydrogen-bond donors (Lipinski definition) is 1.